The zero-order chi connectivity index (χ0) is 13.8. The average molecular weight is 264 g/mol. The summed E-state index contributed by atoms with van der Waals surface area (Å²) in [7, 11) is 0. The van der Waals surface area contributed by atoms with E-state index in [0.29, 0.717) is 12.5 Å². The van der Waals surface area contributed by atoms with Crippen LogP contribution in [0.25, 0.3) is 10.9 Å². The second-order valence-electron chi connectivity index (χ2n) is 5.01. The van der Waals surface area contributed by atoms with E-state index in [2.05, 4.69) is 11.9 Å². The Morgan fingerprint density at radius 2 is 2.16 bits per heavy atom. The molecule has 0 fully saturated rings. The Kier molecular flexibility index (Phi) is 4.43. The summed E-state index contributed by atoms with van der Waals surface area (Å²) in [6.07, 6.45) is 6.18. The van der Waals surface area contributed by atoms with Crippen LogP contribution in [0.5, 0.6) is 5.75 Å². The molecule has 0 saturated carbocycles. The van der Waals surface area contributed by atoms with Gasteiger partial charge >= 0.3 is 0 Å². The number of nitrogens with one attached hydrogen (secondary N) is 1. The number of H-pyrrole nitrogens is 1. The van der Waals surface area contributed by atoms with Crippen molar-refractivity contribution in [1.29, 1.82) is 0 Å². The maximum absolute atomic E-state index is 13.3. The van der Waals surface area contributed by atoms with Gasteiger partial charge in [-0.05, 0) is 36.9 Å². The number of rotatable bonds is 6. The van der Waals surface area contributed by atoms with Crippen LogP contribution in [0.15, 0.2) is 18.3 Å². The highest BCUT2D eigenvalue weighted by Gasteiger charge is 2.16. The van der Waals surface area contributed by atoms with Gasteiger partial charge in [0.2, 0.25) is 0 Å². The van der Waals surface area contributed by atoms with E-state index in [1.54, 1.807) is 0 Å². The number of nitrogens with two attached hydrogens (primary N) is 1. The van der Waals surface area contributed by atoms with Crippen LogP contribution >= 0.6 is 0 Å². The lowest BCUT2D eigenvalue weighted by Crippen LogP contribution is -2.07. The minimum absolute atomic E-state index is 0.296. The van der Waals surface area contributed by atoms with Crippen LogP contribution in [0, 0.1) is 5.82 Å². The number of halogens is 1. The zero-order valence-corrected chi connectivity index (χ0v) is 11.2. The molecule has 2 aromatic rings. The number of benzene rings is 1. The predicted octanol–water partition coefficient (Wildman–Crippen LogP) is 3.64. The Morgan fingerprint density at radius 3 is 2.84 bits per heavy atom. The van der Waals surface area contributed by atoms with E-state index in [-0.39, 0.29) is 5.75 Å². The molecule has 0 spiro atoms. The Balaban J connectivity index is 2.38. The number of phenols is 1. The molecule has 104 valence electrons. The second-order valence-corrected chi connectivity index (χ2v) is 5.01. The van der Waals surface area contributed by atoms with Crippen molar-refractivity contribution in [3.63, 3.8) is 0 Å². The fraction of sp³-hybridized carbons (Fsp3) is 0.467. The van der Waals surface area contributed by atoms with E-state index >= 15 is 0 Å². The molecule has 1 heterocycles. The number of unbranched alkanes of at least 4 members (excludes halogenated alkanes) is 1. The first-order valence-electron chi connectivity index (χ1n) is 6.87. The van der Waals surface area contributed by atoms with Gasteiger partial charge in [0.05, 0.1) is 0 Å². The zero-order valence-electron chi connectivity index (χ0n) is 11.2. The molecule has 2 rings (SSSR count). The van der Waals surface area contributed by atoms with Crippen molar-refractivity contribution in [2.75, 3.05) is 6.54 Å². The highest BCUT2D eigenvalue weighted by atomic mass is 19.1. The van der Waals surface area contributed by atoms with E-state index in [9.17, 15) is 9.50 Å². The molecular weight excluding hydrogens is 243 g/mol. The number of aromatic amines is 1. The van der Waals surface area contributed by atoms with Crippen molar-refractivity contribution in [3.05, 3.63) is 29.7 Å². The van der Waals surface area contributed by atoms with Gasteiger partial charge in [0.1, 0.15) is 0 Å². The lowest BCUT2D eigenvalue weighted by Gasteiger charge is -2.15. The molecule has 1 atom stereocenters. The first-order chi connectivity index (χ1) is 9.17. The van der Waals surface area contributed by atoms with Crippen molar-refractivity contribution in [3.8, 4) is 5.75 Å². The molecule has 0 saturated heterocycles. The van der Waals surface area contributed by atoms with Gasteiger partial charge in [0.15, 0.2) is 11.6 Å². The van der Waals surface area contributed by atoms with Gasteiger partial charge in [0, 0.05) is 23.2 Å². The maximum Gasteiger partial charge on any atom is 0.166 e. The van der Waals surface area contributed by atoms with Crippen LogP contribution in [-0.2, 0) is 0 Å². The summed E-state index contributed by atoms with van der Waals surface area (Å²) >= 11 is 0. The molecule has 0 aliphatic carbocycles. The molecule has 4 N–H and O–H groups in total. The molecule has 1 unspecified atom stereocenters. The van der Waals surface area contributed by atoms with Gasteiger partial charge in [-0.3, -0.25) is 0 Å². The summed E-state index contributed by atoms with van der Waals surface area (Å²) in [5.74, 6) is -0.524. The molecule has 3 nitrogen and oxygen atoms in total. The third kappa shape index (κ3) is 2.89. The van der Waals surface area contributed by atoms with Crippen molar-refractivity contribution < 1.29 is 9.50 Å². The van der Waals surface area contributed by atoms with Crippen LogP contribution < -0.4 is 5.73 Å². The summed E-state index contributed by atoms with van der Waals surface area (Å²) in [5.41, 5.74) is 7.54. The van der Waals surface area contributed by atoms with Gasteiger partial charge in [-0.1, -0.05) is 19.8 Å². The fourth-order valence-electron chi connectivity index (χ4n) is 2.60. The predicted molar refractivity (Wildman–Crippen MR) is 75.9 cm³/mol. The van der Waals surface area contributed by atoms with E-state index in [1.807, 2.05) is 6.20 Å². The highest BCUT2D eigenvalue weighted by molar-refractivity contribution is 5.85. The summed E-state index contributed by atoms with van der Waals surface area (Å²) in [6, 6.07) is 2.85. The topological polar surface area (TPSA) is 62.0 Å². The Bertz CT molecular complexity index is 550. The Labute approximate surface area is 112 Å². The van der Waals surface area contributed by atoms with Gasteiger partial charge in [-0.2, -0.15) is 0 Å². The number of hydrogen-bond donors (Lipinski definition) is 3. The van der Waals surface area contributed by atoms with Crippen LogP contribution in [0.3, 0.4) is 0 Å². The number of hydrogen-bond acceptors (Lipinski definition) is 2. The number of phenolic OH excluding ortho intramolecular Hbond substituents is 1. The summed E-state index contributed by atoms with van der Waals surface area (Å²) in [6.45, 7) is 2.80. The summed E-state index contributed by atoms with van der Waals surface area (Å²) < 4.78 is 13.3. The van der Waals surface area contributed by atoms with Gasteiger partial charge in [-0.25, -0.2) is 4.39 Å². The number of aromatic hydroxyl groups is 1. The van der Waals surface area contributed by atoms with Crippen LogP contribution in [0.1, 0.15) is 44.1 Å². The largest absolute Gasteiger partial charge is 0.505 e. The molecule has 1 aromatic carbocycles. The smallest absolute Gasteiger partial charge is 0.166 e. The van der Waals surface area contributed by atoms with Crippen LogP contribution in [0.2, 0.25) is 0 Å². The Hall–Kier alpha value is -1.55. The Morgan fingerprint density at radius 1 is 1.37 bits per heavy atom. The molecule has 1 aromatic heterocycles. The monoisotopic (exact) mass is 264 g/mol. The third-order valence-electron chi connectivity index (χ3n) is 3.64. The summed E-state index contributed by atoms with van der Waals surface area (Å²) in [5, 5.41) is 10.4. The number of aromatic nitrogens is 1. The molecule has 19 heavy (non-hydrogen) atoms. The minimum Gasteiger partial charge on any atom is -0.505 e. The van der Waals surface area contributed by atoms with Gasteiger partial charge < -0.3 is 15.8 Å². The lowest BCUT2D eigenvalue weighted by atomic mass is 9.90. The van der Waals surface area contributed by atoms with Crippen molar-refractivity contribution in [2.45, 2.75) is 38.5 Å². The molecule has 0 amide bonds. The van der Waals surface area contributed by atoms with Crippen LogP contribution in [0.4, 0.5) is 4.39 Å². The molecule has 0 bridgehead atoms. The normalized spacial score (nSPS) is 13.0. The molecule has 4 heteroatoms. The van der Waals surface area contributed by atoms with Crippen LogP contribution in [-0.4, -0.2) is 16.6 Å². The maximum atomic E-state index is 13.3. The first kappa shape index (κ1) is 13.9. The number of fused-ring (bicyclic) bond motifs is 1. The fourth-order valence-corrected chi connectivity index (χ4v) is 2.60. The van der Waals surface area contributed by atoms with Gasteiger partial charge in [-0.15, -0.1) is 0 Å². The second kappa shape index (κ2) is 6.06. The van der Waals surface area contributed by atoms with Gasteiger partial charge in [0.25, 0.3) is 0 Å². The van der Waals surface area contributed by atoms with E-state index in [1.165, 1.54) is 12.1 Å². The quantitative estimate of drug-likeness (QED) is 0.746. The van der Waals surface area contributed by atoms with E-state index < -0.39 is 5.82 Å². The van der Waals surface area contributed by atoms with E-state index in [0.717, 1.165) is 42.1 Å². The van der Waals surface area contributed by atoms with E-state index in [4.69, 9.17) is 5.73 Å². The van der Waals surface area contributed by atoms with Crippen molar-refractivity contribution >= 4 is 10.9 Å². The molecule has 0 radical (unpaired) electrons. The third-order valence-corrected chi connectivity index (χ3v) is 3.64. The minimum atomic E-state index is -0.593. The molecule has 0 aliphatic heterocycles. The average Bonchev–Trinajstić information content (AvgIpc) is 2.78. The molecule has 0 aliphatic rings. The molecular formula is C15H21FN2O. The van der Waals surface area contributed by atoms with Crippen molar-refractivity contribution in [1.82, 2.24) is 4.98 Å². The standard InChI is InChI=1S/C15H21FN2O/c1-2-3-4-10(5-6-17)12-9-18-14-8-13(16)15(19)7-11(12)14/h7-10,18-19H,2-6,17H2,1H3. The lowest BCUT2D eigenvalue weighted by molar-refractivity contribution is 0.433. The SMILES string of the molecule is CCCCC(CCN)c1c[nH]c2cc(F)c(O)cc12. The van der Waals surface area contributed by atoms with Crippen molar-refractivity contribution in [2.24, 2.45) is 5.73 Å². The summed E-state index contributed by atoms with van der Waals surface area (Å²) in [4.78, 5) is 3.08. The first-order valence-corrected chi connectivity index (χ1v) is 6.87. The highest BCUT2D eigenvalue weighted by Crippen LogP contribution is 2.34.